The van der Waals surface area contributed by atoms with Gasteiger partial charge in [0, 0.05) is 35.7 Å². The van der Waals surface area contributed by atoms with Gasteiger partial charge in [0.25, 0.3) is 0 Å². The summed E-state index contributed by atoms with van der Waals surface area (Å²) in [7, 11) is -3.41. The molecule has 1 saturated carbocycles. The molecule has 0 radical (unpaired) electrons. The van der Waals surface area contributed by atoms with Crippen molar-refractivity contribution in [2.45, 2.75) is 44.7 Å². The van der Waals surface area contributed by atoms with Gasteiger partial charge in [-0.3, -0.25) is 9.78 Å². The third kappa shape index (κ3) is 4.54. The van der Waals surface area contributed by atoms with E-state index in [1.54, 1.807) is 12.1 Å². The predicted octanol–water partition coefficient (Wildman–Crippen LogP) is 2.75. The largest absolute Gasteiger partial charge is 0.337 e. The van der Waals surface area contributed by atoms with Gasteiger partial charge in [-0.1, -0.05) is 25.1 Å². The number of pyridine rings is 1. The Morgan fingerprint density at radius 1 is 1.27 bits per heavy atom. The first-order chi connectivity index (χ1) is 14.1. The van der Waals surface area contributed by atoms with Crippen LogP contribution >= 0.6 is 0 Å². The van der Waals surface area contributed by atoms with E-state index in [2.05, 4.69) is 9.71 Å². The highest BCUT2D eigenvalue weighted by Crippen LogP contribution is 2.47. The maximum Gasteiger partial charge on any atom is 0.228 e. The normalized spacial score (nSPS) is 22.8. The van der Waals surface area contributed by atoms with Gasteiger partial charge < -0.3 is 4.90 Å². The Morgan fingerprint density at radius 2 is 2.00 bits per heavy atom. The van der Waals surface area contributed by atoms with Gasteiger partial charge in [-0.15, -0.1) is 0 Å². The Morgan fingerprint density at radius 3 is 2.67 bits per heavy atom. The zero-order valence-electron chi connectivity index (χ0n) is 17.1. The van der Waals surface area contributed by atoms with Crippen LogP contribution in [-0.4, -0.2) is 49.1 Å². The average molecular weight is 432 g/mol. The summed E-state index contributed by atoms with van der Waals surface area (Å²) < 4.78 is 40.1. The first-order valence-electron chi connectivity index (χ1n) is 10.1. The summed E-state index contributed by atoms with van der Waals surface area (Å²) in [4.78, 5) is 19.5. The van der Waals surface area contributed by atoms with E-state index in [1.165, 1.54) is 12.1 Å². The van der Waals surface area contributed by atoms with Crippen LogP contribution in [0.15, 0.2) is 42.5 Å². The molecule has 0 unspecified atom stereocenters. The summed E-state index contributed by atoms with van der Waals surface area (Å²) >= 11 is 0. The molecule has 160 valence electrons. The van der Waals surface area contributed by atoms with Crippen LogP contribution in [0.25, 0.3) is 11.3 Å². The lowest BCUT2D eigenvalue weighted by atomic mass is 10.0. The standard InChI is InChI=1S/C22H26FN3O3S/c1-22(10-11-22)21(27)26-12-9-19(25-30(2,28)29)20(26)14-17-7-4-8-18(24-17)15-5-3-6-16(23)13-15/h3-8,13,19-20,25H,9-12,14H2,1-2H3/t19-,20-/m0/s1. The Hall–Kier alpha value is -2.32. The zero-order chi connectivity index (χ0) is 21.5. The van der Waals surface area contributed by atoms with E-state index in [4.69, 9.17) is 0 Å². The minimum Gasteiger partial charge on any atom is -0.337 e. The van der Waals surface area contributed by atoms with Crippen LogP contribution in [0.3, 0.4) is 0 Å². The quantitative estimate of drug-likeness (QED) is 0.763. The van der Waals surface area contributed by atoms with Gasteiger partial charge in [-0.2, -0.15) is 0 Å². The molecule has 1 amide bonds. The molecule has 1 aromatic carbocycles. The second-order valence-corrected chi connectivity index (χ2v) is 10.4. The van der Waals surface area contributed by atoms with E-state index >= 15 is 0 Å². The number of rotatable bonds is 6. The summed E-state index contributed by atoms with van der Waals surface area (Å²) in [5.41, 5.74) is 1.73. The SMILES string of the molecule is CC1(C(=O)N2CC[C@H](NS(C)(=O)=O)[C@@H]2Cc2cccc(-c3cccc(F)c3)n2)CC1. The molecule has 8 heteroatoms. The minimum atomic E-state index is -3.41. The second kappa shape index (κ2) is 7.74. The van der Waals surface area contributed by atoms with Crippen molar-refractivity contribution in [1.82, 2.24) is 14.6 Å². The third-order valence-electron chi connectivity index (χ3n) is 6.03. The lowest BCUT2D eigenvalue weighted by Crippen LogP contribution is -2.49. The molecule has 6 nitrogen and oxygen atoms in total. The lowest BCUT2D eigenvalue weighted by molar-refractivity contribution is -0.137. The van der Waals surface area contributed by atoms with E-state index < -0.39 is 10.0 Å². The number of carbonyl (C=O) groups excluding carboxylic acids is 1. The summed E-state index contributed by atoms with van der Waals surface area (Å²) in [6, 6.07) is 11.1. The number of hydrogen-bond donors (Lipinski definition) is 1. The number of hydrogen-bond acceptors (Lipinski definition) is 4. The molecule has 30 heavy (non-hydrogen) atoms. The fourth-order valence-corrected chi connectivity index (χ4v) is 4.96. The molecule has 1 aliphatic heterocycles. The summed E-state index contributed by atoms with van der Waals surface area (Å²) in [5, 5.41) is 0. The topological polar surface area (TPSA) is 79.4 Å². The molecule has 1 aromatic heterocycles. The van der Waals surface area contributed by atoms with Crippen molar-refractivity contribution in [2.24, 2.45) is 5.41 Å². The molecule has 2 aliphatic rings. The van der Waals surface area contributed by atoms with Crippen molar-refractivity contribution in [3.05, 3.63) is 54.0 Å². The summed E-state index contributed by atoms with van der Waals surface area (Å²) in [5.74, 6) is -0.242. The second-order valence-electron chi connectivity index (χ2n) is 8.64. The predicted molar refractivity (Wildman–Crippen MR) is 113 cm³/mol. The fraction of sp³-hybridized carbons (Fsp3) is 0.455. The van der Waals surface area contributed by atoms with Gasteiger partial charge in [0.1, 0.15) is 5.82 Å². The van der Waals surface area contributed by atoms with E-state index in [0.717, 1.165) is 24.8 Å². The van der Waals surface area contributed by atoms with Gasteiger partial charge in [0.2, 0.25) is 15.9 Å². The molecule has 4 rings (SSSR count). The molecular formula is C22H26FN3O3S. The number of carbonyl (C=O) groups is 1. The van der Waals surface area contributed by atoms with Crippen LogP contribution in [0.2, 0.25) is 0 Å². The number of nitrogens with zero attached hydrogens (tertiary/aromatic N) is 2. The number of likely N-dealkylation sites (tertiary alicyclic amines) is 1. The number of amides is 1. The van der Waals surface area contributed by atoms with Gasteiger partial charge in [0.05, 0.1) is 18.0 Å². The number of halogens is 1. The molecule has 2 heterocycles. The molecule has 1 aliphatic carbocycles. The van der Waals surface area contributed by atoms with Gasteiger partial charge in [-0.25, -0.2) is 17.5 Å². The van der Waals surface area contributed by atoms with Crippen molar-refractivity contribution in [2.75, 3.05) is 12.8 Å². The molecular weight excluding hydrogens is 405 g/mol. The highest BCUT2D eigenvalue weighted by Gasteiger charge is 2.51. The monoisotopic (exact) mass is 431 g/mol. The van der Waals surface area contributed by atoms with Crippen molar-refractivity contribution in [3.63, 3.8) is 0 Å². The fourth-order valence-electron chi connectivity index (χ4n) is 4.13. The van der Waals surface area contributed by atoms with Gasteiger partial charge in [0.15, 0.2) is 0 Å². The molecule has 0 bridgehead atoms. The maximum absolute atomic E-state index is 13.6. The minimum absolute atomic E-state index is 0.0894. The molecule has 2 atom stereocenters. The molecule has 2 aromatic rings. The van der Waals surface area contributed by atoms with Crippen LogP contribution in [-0.2, 0) is 21.2 Å². The maximum atomic E-state index is 13.6. The van der Waals surface area contributed by atoms with E-state index in [1.807, 2.05) is 30.0 Å². The Labute approximate surface area is 176 Å². The molecule has 1 saturated heterocycles. The number of benzene rings is 1. The van der Waals surface area contributed by atoms with Crippen LogP contribution in [0.4, 0.5) is 4.39 Å². The van der Waals surface area contributed by atoms with Crippen molar-refractivity contribution in [3.8, 4) is 11.3 Å². The van der Waals surface area contributed by atoms with Crippen molar-refractivity contribution < 1.29 is 17.6 Å². The summed E-state index contributed by atoms with van der Waals surface area (Å²) in [6.07, 6.45) is 3.87. The first kappa shape index (κ1) is 20.9. The smallest absolute Gasteiger partial charge is 0.228 e. The van der Waals surface area contributed by atoms with E-state index in [0.29, 0.717) is 30.6 Å². The van der Waals surface area contributed by atoms with Crippen LogP contribution in [0.1, 0.15) is 31.9 Å². The van der Waals surface area contributed by atoms with Crippen LogP contribution < -0.4 is 4.72 Å². The third-order valence-corrected chi connectivity index (χ3v) is 6.76. The summed E-state index contributed by atoms with van der Waals surface area (Å²) in [6.45, 7) is 2.49. The number of sulfonamides is 1. The van der Waals surface area contributed by atoms with Crippen LogP contribution in [0.5, 0.6) is 0 Å². The Bertz CT molecular complexity index is 1070. The van der Waals surface area contributed by atoms with Gasteiger partial charge >= 0.3 is 0 Å². The van der Waals surface area contributed by atoms with E-state index in [9.17, 15) is 17.6 Å². The first-order valence-corrected chi connectivity index (χ1v) is 12.0. The van der Waals surface area contributed by atoms with Crippen molar-refractivity contribution in [1.29, 1.82) is 0 Å². The average Bonchev–Trinajstić information content (AvgIpc) is 3.33. The highest BCUT2D eigenvalue weighted by atomic mass is 32.2. The number of aromatic nitrogens is 1. The molecule has 2 fully saturated rings. The van der Waals surface area contributed by atoms with Crippen LogP contribution in [0, 0.1) is 11.2 Å². The highest BCUT2D eigenvalue weighted by molar-refractivity contribution is 7.88. The Balaban J connectivity index is 1.61. The molecule has 0 spiro atoms. The van der Waals surface area contributed by atoms with Gasteiger partial charge in [-0.05, 0) is 43.5 Å². The number of nitrogens with one attached hydrogen (secondary N) is 1. The zero-order valence-corrected chi connectivity index (χ0v) is 18.0. The van der Waals surface area contributed by atoms with Crippen molar-refractivity contribution >= 4 is 15.9 Å². The van der Waals surface area contributed by atoms with E-state index in [-0.39, 0.29) is 29.2 Å². The lowest BCUT2D eigenvalue weighted by Gasteiger charge is -2.30. The Kier molecular flexibility index (Phi) is 5.40. The molecule has 1 N–H and O–H groups in total.